The van der Waals surface area contributed by atoms with Crippen LogP contribution in [-0.4, -0.2) is 73.8 Å². The molecule has 7 heteroatoms. The van der Waals surface area contributed by atoms with Gasteiger partial charge in [-0.25, -0.2) is 4.79 Å². The van der Waals surface area contributed by atoms with Crippen molar-refractivity contribution in [3.05, 3.63) is 59.7 Å². The number of fused-ring (bicyclic) bond motifs is 3. The molecule has 2 aromatic rings. The zero-order chi connectivity index (χ0) is 24.4. The van der Waals surface area contributed by atoms with Gasteiger partial charge < -0.3 is 19.7 Å². The van der Waals surface area contributed by atoms with E-state index < -0.39 is 5.54 Å². The molecule has 7 nitrogen and oxygen atoms in total. The van der Waals surface area contributed by atoms with Crippen LogP contribution in [0.15, 0.2) is 48.5 Å². The average molecular weight is 478 g/mol. The molecular weight excluding hydrogens is 442 g/mol. The number of carbonyl (C=O) groups is 2. The smallest absolute Gasteiger partial charge is 0.408 e. The standard InChI is InChI=1S/C28H35N3O4/c1-28(2,29-27(33)35-25-19-30-13-11-22(25)12-14-30)24-9-7-21(8-10-24)20-3-5-23(6-4-20)26(32)31-15-17-34-18-16-31/h3-10,22,25H,11-19H2,1-2H3,(H,29,33). The van der Waals surface area contributed by atoms with Gasteiger partial charge in [0.2, 0.25) is 0 Å². The van der Waals surface area contributed by atoms with Crippen molar-refractivity contribution in [2.75, 3.05) is 45.9 Å². The third kappa shape index (κ3) is 5.36. The fraction of sp³-hybridized carbons (Fsp3) is 0.500. The van der Waals surface area contributed by atoms with E-state index in [4.69, 9.17) is 9.47 Å². The van der Waals surface area contributed by atoms with E-state index in [2.05, 4.69) is 22.3 Å². The van der Waals surface area contributed by atoms with Gasteiger partial charge >= 0.3 is 6.09 Å². The first-order valence-electron chi connectivity index (χ1n) is 12.7. The van der Waals surface area contributed by atoms with Crippen LogP contribution in [0.2, 0.25) is 0 Å². The maximum atomic E-state index is 12.7. The lowest BCUT2D eigenvalue weighted by Crippen LogP contribution is -2.53. The number of nitrogens with zero attached hydrogens (tertiary/aromatic N) is 2. The van der Waals surface area contributed by atoms with Gasteiger partial charge in [0.05, 0.1) is 18.8 Å². The number of piperidine rings is 3. The van der Waals surface area contributed by atoms with Gasteiger partial charge in [0, 0.05) is 25.2 Å². The topological polar surface area (TPSA) is 71.1 Å². The Morgan fingerprint density at radius 1 is 0.914 bits per heavy atom. The van der Waals surface area contributed by atoms with Gasteiger partial charge in [-0.2, -0.15) is 0 Å². The summed E-state index contributed by atoms with van der Waals surface area (Å²) < 4.78 is 11.2. The van der Waals surface area contributed by atoms with Crippen molar-refractivity contribution in [1.29, 1.82) is 0 Å². The van der Waals surface area contributed by atoms with Crippen LogP contribution in [0.4, 0.5) is 4.79 Å². The molecule has 186 valence electrons. The highest BCUT2D eigenvalue weighted by Crippen LogP contribution is 2.30. The van der Waals surface area contributed by atoms with E-state index in [1.54, 1.807) is 0 Å². The van der Waals surface area contributed by atoms with Gasteiger partial charge in [-0.15, -0.1) is 0 Å². The second-order valence-electron chi connectivity index (χ2n) is 10.4. The zero-order valence-electron chi connectivity index (χ0n) is 20.7. The highest BCUT2D eigenvalue weighted by Gasteiger charge is 2.37. The second kappa shape index (κ2) is 9.99. The molecule has 4 heterocycles. The van der Waals surface area contributed by atoms with E-state index in [1.165, 1.54) is 0 Å². The minimum Gasteiger partial charge on any atom is -0.445 e. The van der Waals surface area contributed by atoms with Crippen molar-refractivity contribution in [2.24, 2.45) is 5.92 Å². The van der Waals surface area contributed by atoms with Crippen molar-refractivity contribution in [2.45, 2.75) is 38.3 Å². The molecular formula is C28H35N3O4. The molecule has 2 bridgehead atoms. The first kappa shape index (κ1) is 23.8. The highest BCUT2D eigenvalue weighted by molar-refractivity contribution is 5.94. The minimum absolute atomic E-state index is 0.00576. The number of benzene rings is 2. The van der Waals surface area contributed by atoms with Gasteiger partial charge in [-0.3, -0.25) is 9.69 Å². The summed E-state index contributed by atoms with van der Waals surface area (Å²) in [6, 6.07) is 15.9. The number of carbonyl (C=O) groups excluding carboxylic acids is 2. The molecule has 4 aliphatic rings. The molecule has 6 rings (SSSR count). The third-order valence-electron chi connectivity index (χ3n) is 7.64. The van der Waals surface area contributed by atoms with E-state index in [9.17, 15) is 9.59 Å². The third-order valence-corrected chi connectivity index (χ3v) is 7.64. The normalized spacial score (nSPS) is 24.2. The van der Waals surface area contributed by atoms with Crippen LogP contribution in [-0.2, 0) is 15.0 Å². The highest BCUT2D eigenvalue weighted by atomic mass is 16.6. The molecule has 0 saturated carbocycles. The molecule has 2 aromatic carbocycles. The van der Waals surface area contributed by atoms with Crippen molar-refractivity contribution in [3.63, 3.8) is 0 Å². The van der Waals surface area contributed by atoms with E-state index in [-0.39, 0.29) is 18.1 Å². The first-order valence-corrected chi connectivity index (χ1v) is 12.7. The van der Waals surface area contributed by atoms with E-state index in [1.807, 2.05) is 55.1 Å². The van der Waals surface area contributed by atoms with E-state index in [0.29, 0.717) is 37.8 Å². The minimum atomic E-state index is -0.558. The molecule has 0 aliphatic carbocycles. The number of hydrogen-bond donors (Lipinski definition) is 1. The number of alkyl carbamates (subject to hydrolysis) is 1. The first-order chi connectivity index (χ1) is 16.9. The van der Waals surface area contributed by atoms with Crippen LogP contribution in [0, 0.1) is 5.92 Å². The molecule has 1 unspecified atom stereocenters. The molecule has 4 saturated heterocycles. The second-order valence-corrected chi connectivity index (χ2v) is 10.4. The Morgan fingerprint density at radius 3 is 2.09 bits per heavy atom. The molecule has 1 N–H and O–H groups in total. The molecule has 0 aromatic heterocycles. The number of nitrogens with one attached hydrogen (secondary N) is 1. The molecule has 4 aliphatic heterocycles. The lowest BCUT2D eigenvalue weighted by molar-refractivity contribution is -0.0349. The van der Waals surface area contributed by atoms with Gasteiger partial charge in [-0.05, 0) is 74.5 Å². The Bertz CT molecular complexity index is 1040. The molecule has 1 atom stereocenters. The van der Waals surface area contributed by atoms with E-state index in [0.717, 1.165) is 49.2 Å². The quantitative estimate of drug-likeness (QED) is 0.708. The number of amides is 2. The van der Waals surface area contributed by atoms with Crippen LogP contribution in [0.5, 0.6) is 0 Å². The summed E-state index contributed by atoms with van der Waals surface area (Å²) in [5.41, 5.74) is 3.25. The molecule has 4 fully saturated rings. The Hall–Kier alpha value is -2.90. The summed E-state index contributed by atoms with van der Waals surface area (Å²) in [5.74, 6) is 0.539. The summed E-state index contributed by atoms with van der Waals surface area (Å²) in [4.78, 5) is 29.6. The monoisotopic (exact) mass is 477 g/mol. The summed E-state index contributed by atoms with van der Waals surface area (Å²) in [7, 11) is 0. The maximum Gasteiger partial charge on any atom is 0.408 e. The SMILES string of the molecule is CC(C)(NC(=O)OC1CN2CCC1CC2)c1ccc(-c2ccc(C(=O)N3CCOCC3)cc2)cc1. The van der Waals surface area contributed by atoms with Gasteiger partial charge in [0.25, 0.3) is 5.91 Å². The molecule has 35 heavy (non-hydrogen) atoms. The van der Waals surface area contributed by atoms with Crippen LogP contribution >= 0.6 is 0 Å². The summed E-state index contributed by atoms with van der Waals surface area (Å²) in [6.07, 6.45) is 1.88. The van der Waals surface area contributed by atoms with Crippen molar-refractivity contribution in [3.8, 4) is 11.1 Å². The lowest BCUT2D eigenvalue weighted by Gasteiger charge is -2.44. The number of rotatable bonds is 5. The average Bonchev–Trinajstić information content (AvgIpc) is 2.89. The Morgan fingerprint density at radius 2 is 1.51 bits per heavy atom. The van der Waals surface area contributed by atoms with Crippen LogP contribution < -0.4 is 5.32 Å². The molecule has 2 amide bonds. The van der Waals surface area contributed by atoms with Crippen molar-refractivity contribution < 1.29 is 19.1 Å². The Labute approximate surface area is 207 Å². The van der Waals surface area contributed by atoms with Gasteiger partial charge in [-0.1, -0.05) is 36.4 Å². The number of hydrogen-bond acceptors (Lipinski definition) is 5. The molecule has 0 radical (unpaired) electrons. The van der Waals surface area contributed by atoms with Gasteiger partial charge in [0.15, 0.2) is 0 Å². The maximum absolute atomic E-state index is 12.7. The lowest BCUT2D eigenvalue weighted by atomic mass is 9.86. The Kier molecular flexibility index (Phi) is 6.80. The molecule has 0 spiro atoms. The zero-order valence-corrected chi connectivity index (χ0v) is 20.7. The van der Waals surface area contributed by atoms with Crippen LogP contribution in [0.25, 0.3) is 11.1 Å². The number of ether oxygens (including phenoxy) is 2. The predicted octanol–water partition coefficient (Wildman–Crippen LogP) is 3.88. The predicted molar refractivity (Wildman–Crippen MR) is 134 cm³/mol. The van der Waals surface area contributed by atoms with Crippen molar-refractivity contribution in [1.82, 2.24) is 15.1 Å². The Balaban J connectivity index is 1.20. The van der Waals surface area contributed by atoms with Crippen molar-refractivity contribution >= 4 is 12.0 Å². The fourth-order valence-electron chi connectivity index (χ4n) is 5.37. The van der Waals surface area contributed by atoms with Crippen LogP contribution in [0.3, 0.4) is 0 Å². The van der Waals surface area contributed by atoms with E-state index >= 15 is 0 Å². The van der Waals surface area contributed by atoms with Crippen LogP contribution in [0.1, 0.15) is 42.6 Å². The van der Waals surface area contributed by atoms with Gasteiger partial charge in [0.1, 0.15) is 6.10 Å². The summed E-state index contributed by atoms with van der Waals surface area (Å²) >= 11 is 0. The summed E-state index contributed by atoms with van der Waals surface area (Å²) in [5, 5.41) is 3.06. The number of morpholine rings is 1. The largest absolute Gasteiger partial charge is 0.445 e. The fourth-order valence-corrected chi connectivity index (χ4v) is 5.37. The summed E-state index contributed by atoms with van der Waals surface area (Å²) in [6.45, 7) is 9.55.